The van der Waals surface area contributed by atoms with E-state index in [9.17, 15) is 0 Å². The summed E-state index contributed by atoms with van der Waals surface area (Å²) in [6.07, 6.45) is 8.89. The fourth-order valence-corrected chi connectivity index (χ4v) is 5.14. The van der Waals surface area contributed by atoms with Crippen molar-refractivity contribution in [2.24, 2.45) is 9.98 Å². The van der Waals surface area contributed by atoms with Crippen LogP contribution in [0, 0.1) is 0 Å². The van der Waals surface area contributed by atoms with Gasteiger partial charge in [-0.2, -0.15) is 0 Å². The number of aliphatic imine (C=N–C) groups is 2. The van der Waals surface area contributed by atoms with Crippen LogP contribution in [0.2, 0.25) is 0 Å². The Morgan fingerprint density at radius 1 is 0.943 bits per heavy atom. The molecule has 0 saturated carbocycles. The molecule has 0 bridgehead atoms. The third-order valence-electron chi connectivity index (χ3n) is 6.99. The van der Waals surface area contributed by atoms with E-state index in [1.807, 2.05) is 12.3 Å². The molecule has 3 heterocycles. The highest BCUT2D eigenvalue weighted by atomic mass is 15.2. The largest absolute Gasteiger partial charge is 0.375 e. The van der Waals surface area contributed by atoms with Gasteiger partial charge >= 0.3 is 0 Å². The number of likely N-dealkylation sites (tertiary alicyclic amines) is 1. The highest BCUT2D eigenvalue weighted by molar-refractivity contribution is 6.20. The fourth-order valence-electron chi connectivity index (χ4n) is 5.14. The number of piperidine rings is 1. The van der Waals surface area contributed by atoms with Crippen molar-refractivity contribution >= 4 is 34.2 Å². The number of aromatic nitrogens is 1. The number of anilines is 3. The van der Waals surface area contributed by atoms with Crippen molar-refractivity contribution in [1.29, 1.82) is 0 Å². The summed E-state index contributed by atoms with van der Waals surface area (Å²) in [5, 5.41) is 3.69. The summed E-state index contributed by atoms with van der Waals surface area (Å²) in [6.45, 7) is 2.18. The molecule has 0 amide bonds. The summed E-state index contributed by atoms with van der Waals surface area (Å²) in [4.78, 5) is 19.5. The molecule has 6 nitrogen and oxygen atoms in total. The molecule has 0 spiro atoms. The Bertz CT molecular complexity index is 1270. The van der Waals surface area contributed by atoms with E-state index in [0.717, 1.165) is 72.2 Å². The number of pyridine rings is 1. The number of nitrogens with zero attached hydrogens (tertiary/aromatic N) is 5. The van der Waals surface area contributed by atoms with E-state index in [-0.39, 0.29) is 6.04 Å². The standard InChI is InChI=1S/C29H30N6/c1-34-16-13-21(14-17-34)31-26-19-29-27(18-25(26)32-22-8-7-15-30-20-22)33-24-11-5-6-12-28(24)35(29)23-9-3-2-4-10-23/h2-12,15,19-21,25,32H,13-14,16-18H2,1H3. The van der Waals surface area contributed by atoms with E-state index in [1.54, 1.807) is 6.20 Å². The van der Waals surface area contributed by atoms with Gasteiger partial charge in [-0.3, -0.25) is 9.98 Å². The number of benzene rings is 2. The van der Waals surface area contributed by atoms with Crippen LogP contribution in [0.3, 0.4) is 0 Å². The average molecular weight is 463 g/mol. The summed E-state index contributed by atoms with van der Waals surface area (Å²) in [6, 6.07) is 23.4. The molecule has 6 rings (SSSR count). The second-order valence-corrected chi connectivity index (χ2v) is 9.48. The molecule has 1 aliphatic carbocycles. The molecule has 1 atom stereocenters. The first-order chi connectivity index (χ1) is 17.2. The maximum Gasteiger partial charge on any atom is 0.0874 e. The van der Waals surface area contributed by atoms with Crippen LogP contribution in [0.5, 0.6) is 0 Å². The van der Waals surface area contributed by atoms with Crippen LogP contribution < -0.4 is 10.2 Å². The Balaban J connectivity index is 1.45. The molecule has 35 heavy (non-hydrogen) atoms. The van der Waals surface area contributed by atoms with Crippen LogP contribution in [0.4, 0.5) is 22.7 Å². The van der Waals surface area contributed by atoms with E-state index in [1.165, 1.54) is 0 Å². The molecule has 3 aliphatic rings. The molecular formula is C29H30N6. The molecule has 1 saturated heterocycles. The lowest BCUT2D eigenvalue weighted by Gasteiger charge is -2.38. The van der Waals surface area contributed by atoms with E-state index < -0.39 is 0 Å². The van der Waals surface area contributed by atoms with E-state index in [2.05, 4.69) is 93.9 Å². The minimum atomic E-state index is 0.0456. The third-order valence-corrected chi connectivity index (χ3v) is 6.99. The van der Waals surface area contributed by atoms with Crippen LogP contribution in [0.25, 0.3) is 0 Å². The number of hydrogen-bond acceptors (Lipinski definition) is 6. The van der Waals surface area contributed by atoms with Crippen molar-refractivity contribution in [2.45, 2.75) is 31.3 Å². The van der Waals surface area contributed by atoms with Crippen LogP contribution in [0.1, 0.15) is 19.3 Å². The highest BCUT2D eigenvalue weighted by Crippen LogP contribution is 2.43. The molecule has 1 N–H and O–H groups in total. The third kappa shape index (κ3) is 4.49. The molecule has 2 aliphatic heterocycles. The van der Waals surface area contributed by atoms with E-state index in [4.69, 9.17) is 9.98 Å². The van der Waals surface area contributed by atoms with Gasteiger partial charge in [0.05, 0.1) is 46.3 Å². The molecule has 0 radical (unpaired) electrons. The molecule has 2 aromatic carbocycles. The summed E-state index contributed by atoms with van der Waals surface area (Å²) >= 11 is 0. The molecular weight excluding hydrogens is 432 g/mol. The minimum Gasteiger partial charge on any atom is -0.375 e. The molecule has 176 valence electrons. The van der Waals surface area contributed by atoms with Gasteiger partial charge in [-0.15, -0.1) is 0 Å². The minimum absolute atomic E-state index is 0.0456. The Kier molecular flexibility index (Phi) is 5.88. The average Bonchev–Trinajstić information content (AvgIpc) is 2.90. The monoisotopic (exact) mass is 462 g/mol. The maximum absolute atomic E-state index is 5.33. The van der Waals surface area contributed by atoms with E-state index in [0.29, 0.717) is 6.04 Å². The lowest BCUT2D eigenvalue weighted by molar-refractivity contribution is 0.257. The zero-order valence-corrected chi connectivity index (χ0v) is 20.0. The van der Waals surface area contributed by atoms with Crippen molar-refractivity contribution < 1.29 is 0 Å². The Morgan fingerprint density at radius 3 is 2.54 bits per heavy atom. The molecule has 1 fully saturated rings. The number of nitrogens with one attached hydrogen (secondary N) is 1. The van der Waals surface area contributed by atoms with Crippen molar-refractivity contribution in [1.82, 2.24) is 9.88 Å². The summed E-state index contributed by atoms with van der Waals surface area (Å²) in [7, 11) is 2.19. The number of hydrogen-bond donors (Lipinski definition) is 1. The van der Waals surface area contributed by atoms with Crippen molar-refractivity contribution in [2.75, 3.05) is 30.4 Å². The van der Waals surface area contributed by atoms with E-state index >= 15 is 0 Å². The SMILES string of the molecule is CN1CCC(N=C2C=C3C(=Nc4ccccc4N3c3ccccc3)CC2Nc2cccnc2)CC1. The van der Waals surface area contributed by atoms with Gasteiger partial charge in [0.1, 0.15) is 0 Å². The lowest BCUT2D eigenvalue weighted by atomic mass is 9.91. The Labute approximate surface area is 206 Å². The maximum atomic E-state index is 5.33. The van der Waals surface area contributed by atoms with Gasteiger partial charge in [-0.1, -0.05) is 30.3 Å². The number of rotatable bonds is 4. The predicted octanol–water partition coefficient (Wildman–Crippen LogP) is 5.61. The number of allylic oxidation sites excluding steroid dienone is 1. The molecule has 1 aromatic heterocycles. The predicted molar refractivity (Wildman–Crippen MR) is 144 cm³/mol. The molecule has 6 heteroatoms. The molecule has 3 aromatic rings. The van der Waals surface area contributed by atoms with Gasteiger partial charge in [-0.25, -0.2) is 4.99 Å². The van der Waals surface area contributed by atoms with Crippen molar-refractivity contribution in [3.05, 3.63) is 90.9 Å². The highest BCUT2D eigenvalue weighted by Gasteiger charge is 2.34. The summed E-state index contributed by atoms with van der Waals surface area (Å²) < 4.78 is 0. The van der Waals surface area contributed by atoms with Crippen molar-refractivity contribution in [3.63, 3.8) is 0 Å². The quantitative estimate of drug-likeness (QED) is 0.548. The van der Waals surface area contributed by atoms with Gasteiger partial charge in [0.15, 0.2) is 0 Å². The Hall–Kier alpha value is -3.77. The Morgan fingerprint density at radius 2 is 1.74 bits per heavy atom. The first-order valence-electron chi connectivity index (χ1n) is 12.4. The zero-order valence-electron chi connectivity index (χ0n) is 20.0. The topological polar surface area (TPSA) is 56.1 Å². The van der Waals surface area contributed by atoms with Gasteiger partial charge in [0, 0.05) is 24.5 Å². The van der Waals surface area contributed by atoms with Gasteiger partial charge in [-0.05, 0) is 75.5 Å². The van der Waals surface area contributed by atoms with Crippen LogP contribution in [-0.2, 0) is 0 Å². The molecule has 1 unspecified atom stereocenters. The van der Waals surface area contributed by atoms with Gasteiger partial charge < -0.3 is 15.1 Å². The smallest absolute Gasteiger partial charge is 0.0874 e. The van der Waals surface area contributed by atoms with Crippen LogP contribution in [-0.4, -0.2) is 53.5 Å². The van der Waals surface area contributed by atoms with Gasteiger partial charge in [0.2, 0.25) is 0 Å². The normalized spacial score (nSPS) is 21.7. The summed E-state index contributed by atoms with van der Waals surface area (Å²) in [5.74, 6) is 0. The number of fused-ring (bicyclic) bond motifs is 2. The second kappa shape index (κ2) is 9.47. The van der Waals surface area contributed by atoms with Gasteiger partial charge in [0.25, 0.3) is 0 Å². The summed E-state index contributed by atoms with van der Waals surface area (Å²) in [5.41, 5.74) is 7.53. The fraction of sp³-hybridized carbons (Fsp3) is 0.276. The second-order valence-electron chi connectivity index (χ2n) is 9.48. The zero-order chi connectivity index (χ0) is 23.6. The number of para-hydroxylation sites is 3. The first-order valence-corrected chi connectivity index (χ1v) is 12.4. The van der Waals surface area contributed by atoms with Crippen LogP contribution >= 0.6 is 0 Å². The first kappa shape index (κ1) is 21.7. The van der Waals surface area contributed by atoms with Crippen LogP contribution in [0.15, 0.2) is 101 Å². The van der Waals surface area contributed by atoms with Crippen molar-refractivity contribution in [3.8, 4) is 0 Å². The lowest BCUT2D eigenvalue weighted by Crippen LogP contribution is -2.41.